The molecule has 0 saturated carbocycles. The van der Waals surface area contributed by atoms with Gasteiger partial charge in [0, 0.05) is 0 Å². The highest BCUT2D eigenvalue weighted by Gasteiger charge is 1.91. The van der Waals surface area contributed by atoms with Crippen molar-refractivity contribution >= 4 is 0 Å². The molecule has 0 spiro atoms. The molecule has 0 rings (SSSR count). The Labute approximate surface area is 152 Å². The van der Waals surface area contributed by atoms with E-state index < -0.39 is 0 Å². The van der Waals surface area contributed by atoms with Crippen molar-refractivity contribution in [2.75, 3.05) is 0 Å². The van der Waals surface area contributed by atoms with Crippen molar-refractivity contribution in [1.82, 2.24) is 0 Å². The monoisotopic (exact) mass is 328 g/mol. The second kappa shape index (κ2) is 17.8. The van der Waals surface area contributed by atoms with E-state index in [4.69, 9.17) is 0 Å². The van der Waals surface area contributed by atoms with Gasteiger partial charge in [0.1, 0.15) is 0 Å². The second-order valence-electron chi connectivity index (χ2n) is 6.48. The summed E-state index contributed by atoms with van der Waals surface area (Å²) in [5, 5.41) is 0. The smallest absolute Gasteiger partial charge is 0.0142 e. The van der Waals surface area contributed by atoms with Gasteiger partial charge in [-0.15, -0.1) is 13.2 Å². The Bertz CT molecular complexity index is 448. The molecule has 0 bridgehead atoms. The zero-order valence-corrected chi connectivity index (χ0v) is 17.1. The van der Waals surface area contributed by atoms with Crippen molar-refractivity contribution in [2.45, 2.75) is 80.1 Å². The van der Waals surface area contributed by atoms with Gasteiger partial charge in [0.25, 0.3) is 0 Å². The molecule has 0 aliphatic rings. The maximum atomic E-state index is 3.74. The van der Waals surface area contributed by atoms with Crippen molar-refractivity contribution in [1.29, 1.82) is 0 Å². The van der Waals surface area contributed by atoms with Crippen LogP contribution in [0.15, 0.2) is 71.9 Å². The normalized spacial score (nSPS) is 12.2. The lowest BCUT2D eigenvalue weighted by molar-refractivity contribution is 0.929. The molecule has 0 fully saturated rings. The van der Waals surface area contributed by atoms with Crippen LogP contribution >= 0.6 is 0 Å². The lowest BCUT2D eigenvalue weighted by Gasteiger charge is -2.00. The minimum absolute atomic E-state index is 1.02. The van der Waals surface area contributed by atoms with Gasteiger partial charge in [-0.3, -0.25) is 0 Å². The minimum Gasteiger partial charge on any atom is -0.103 e. The van der Waals surface area contributed by atoms with Gasteiger partial charge in [-0.05, 0) is 80.1 Å². The molecule has 0 N–H and O–H groups in total. The van der Waals surface area contributed by atoms with E-state index in [9.17, 15) is 0 Å². The molecular formula is C24H40. The van der Waals surface area contributed by atoms with Gasteiger partial charge in [0.15, 0.2) is 0 Å². The van der Waals surface area contributed by atoms with Crippen molar-refractivity contribution < 1.29 is 0 Å². The molecule has 0 saturated heterocycles. The molecule has 0 heteroatoms. The Morgan fingerprint density at radius 2 is 1.29 bits per heavy atom. The number of hydrogen-bond donors (Lipinski definition) is 0. The predicted molar refractivity (Wildman–Crippen MR) is 114 cm³/mol. The molecule has 136 valence electrons. The predicted octanol–water partition coefficient (Wildman–Crippen LogP) is 8.51. The highest BCUT2D eigenvalue weighted by molar-refractivity contribution is 5.07. The Kier molecular flexibility index (Phi) is 18.3. The van der Waals surface area contributed by atoms with Crippen LogP contribution in [0.2, 0.25) is 0 Å². The quantitative estimate of drug-likeness (QED) is 0.352. The van der Waals surface area contributed by atoms with E-state index in [1.54, 1.807) is 0 Å². The van der Waals surface area contributed by atoms with Gasteiger partial charge in [0.2, 0.25) is 0 Å². The van der Waals surface area contributed by atoms with Crippen LogP contribution < -0.4 is 0 Å². The molecule has 0 radical (unpaired) electrons. The summed E-state index contributed by atoms with van der Waals surface area (Å²) >= 11 is 0. The summed E-state index contributed by atoms with van der Waals surface area (Å²) in [6.45, 7) is 20.3. The molecule has 0 unspecified atom stereocenters. The summed E-state index contributed by atoms with van der Waals surface area (Å²) in [5.74, 6) is 0. The summed E-state index contributed by atoms with van der Waals surface area (Å²) in [7, 11) is 0. The third-order valence-electron chi connectivity index (χ3n) is 3.82. The first-order valence-electron chi connectivity index (χ1n) is 9.17. The van der Waals surface area contributed by atoms with Crippen LogP contribution in [0, 0.1) is 0 Å². The van der Waals surface area contributed by atoms with E-state index in [1.807, 2.05) is 12.2 Å². The fourth-order valence-electron chi connectivity index (χ4n) is 2.10. The Balaban J connectivity index is 0. The van der Waals surface area contributed by atoms with Crippen molar-refractivity contribution in [2.24, 2.45) is 0 Å². The van der Waals surface area contributed by atoms with Gasteiger partial charge in [-0.25, -0.2) is 0 Å². The summed E-state index contributed by atoms with van der Waals surface area (Å²) in [6.07, 6.45) is 19.6. The maximum Gasteiger partial charge on any atom is -0.0142 e. The highest BCUT2D eigenvalue weighted by atomic mass is 14.0. The molecule has 0 aliphatic heterocycles. The topological polar surface area (TPSA) is 0 Å². The number of hydrogen-bond acceptors (Lipinski definition) is 0. The standard InChI is InChI=1S/2C12H20/c1-5-8-12(4)10-7-9-11(3)6-2;1-5-8-12(6-2)10-7-9-11(3)4/h5-6,10H,1,7-9H2,2-4H3;5-6,9H,1,7-8,10H2,2-4H3/b11-6+,12-10+;12-6-. The Hall–Kier alpha value is -1.56. The van der Waals surface area contributed by atoms with Crippen LogP contribution in [-0.4, -0.2) is 0 Å². The molecule has 0 aromatic carbocycles. The van der Waals surface area contributed by atoms with E-state index in [-0.39, 0.29) is 0 Å². The Morgan fingerprint density at radius 1 is 0.708 bits per heavy atom. The van der Waals surface area contributed by atoms with Crippen molar-refractivity contribution in [3.8, 4) is 0 Å². The zero-order valence-electron chi connectivity index (χ0n) is 17.1. The van der Waals surface area contributed by atoms with E-state index in [2.05, 4.69) is 79.0 Å². The van der Waals surface area contributed by atoms with Crippen LogP contribution in [0.3, 0.4) is 0 Å². The van der Waals surface area contributed by atoms with Crippen LogP contribution in [0.4, 0.5) is 0 Å². The summed E-state index contributed by atoms with van der Waals surface area (Å²) < 4.78 is 0. The fourth-order valence-corrected chi connectivity index (χ4v) is 2.10. The van der Waals surface area contributed by atoms with Crippen LogP contribution in [0.1, 0.15) is 80.1 Å². The van der Waals surface area contributed by atoms with Crippen LogP contribution in [0.25, 0.3) is 0 Å². The zero-order chi connectivity index (χ0) is 18.8. The van der Waals surface area contributed by atoms with Crippen molar-refractivity contribution in [3.63, 3.8) is 0 Å². The number of rotatable bonds is 10. The van der Waals surface area contributed by atoms with E-state index in [1.165, 1.54) is 35.1 Å². The first kappa shape index (κ1) is 24.7. The van der Waals surface area contributed by atoms with Crippen LogP contribution in [0.5, 0.6) is 0 Å². The van der Waals surface area contributed by atoms with Crippen LogP contribution in [-0.2, 0) is 0 Å². The number of allylic oxidation sites excluding steroid dienone is 10. The van der Waals surface area contributed by atoms with Gasteiger partial charge in [-0.2, -0.15) is 0 Å². The van der Waals surface area contributed by atoms with Gasteiger partial charge in [0.05, 0.1) is 0 Å². The second-order valence-corrected chi connectivity index (χ2v) is 6.48. The molecule has 0 heterocycles. The van der Waals surface area contributed by atoms with Crippen molar-refractivity contribution in [3.05, 3.63) is 71.9 Å². The van der Waals surface area contributed by atoms with E-state index in [0.29, 0.717) is 0 Å². The Morgan fingerprint density at radius 3 is 1.75 bits per heavy atom. The molecule has 0 atom stereocenters. The lowest BCUT2D eigenvalue weighted by atomic mass is 10.1. The summed E-state index contributed by atoms with van der Waals surface area (Å²) in [5.41, 5.74) is 5.79. The van der Waals surface area contributed by atoms with E-state index in [0.717, 1.165) is 25.7 Å². The fraction of sp³-hybridized carbons (Fsp3) is 0.500. The SMILES string of the molecule is C=CC/C(=C/C)CCC=C(C)C.C=CC/C(C)=C/CC/C(C)=C/C. The van der Waals surface area contributed by atoms with Gasteiger partial charge in [-0.1, -0.05) is 58.7 Å². The first-order valence-corrected chi connectivity index (χ1v) is 9.17. The third kappa shape index (κ3) is 18.5. The molecule has 0 nitrogen and oxygen atoms in total. The minimum atomic E-state index is 1.02. The van der Waals surface area contributed by atoms with E-state index >= 15 is 0 Å². The molecule has 0 amide bonds. The molecule has 0 aromatic heterocycles. The summed E-state index contributed by atoms with van der Waals surface area (Å²) in [6, 6.07) is 0. The molecule has 0 aromatic rings. The molecular weight excluding hydrogens is 288 g/mol. The molecule has 24 heavy (non-hydrogen) atoms. The lowest BCUT2D eigenvalue weighted by Crippen LogP contribution is -1.80. The average molecular weight is 329 g/mol. The van der Waals surface area contributed by atoms with Gasteiger partial charge < -0.3 is 0 Å². The largest absolute Gasteiger partial charge is 0.103 e. The third-order valence-corrected chi connectivity index (χ3v) is 3.82. The average Bonchev–Trinajstić information content (AvgIpc) is 2.54. The first-order chi connectivity index (χ1) is 11.4. The van der Waals surface area contributed by atoms with Gasteiger partial charge >= 0.3 is 0 Å². The highest BCUT2D eigenvalue weighted by Crippen LogP contribution is 2.11. The molecule has 0 aliphatic carbocycles. The summed E-state index contributed by atoms with van der Waals surface area (Å²) in [4.78, 5) is 0. The maximum absolute atomic E-state index is 3.74.